The third kappa shape index (κ3) is 2.94. The van der Waals surface area contributed by atoms with E-state index in [0.29, 0.717) is 35.3 Å². The number of benzene rings is 1. The molecular formula is C22H27N3O3. The average Bonchev–Trinajstić information content (AvgIpc) is 3.18. The van der Waals surface area contributed by atoms with E-state index in [1.165, 1.54) is 17.7 Å². The quantitative estimate of drug-likeness (QED) is 0.800. The summed E-state index contributed by atoms with van der Waals surface area (Å²) in [7, 11) is 0. The molecule has 148 valence electrons. The van der Waals surface area contributed by atoms with Crippen molar-refractivity contribution in [1.82, 2.24) is 15.1 Å². The number of imide groups is 1. The topological polar surface area (TPSA) is 69.7 Å². The van der Waals surface area contributed by atoms with Crippen LogP contribution in [0.1, 0.15) is 82.4 Å². The Morgan fingerprint density at radius 1 is 0.893 bits per heavy atom. The van der Waals surface area contributed by atoms with Crippen molar-refractivity contribution in [1.29, 1.82) is 0 Å². The molecule has 0 spiro atoms. The van der Waals surface area contributed by atoms with Gasteiger partial charge in [0.1, 0.15) is 0 Å². The van der Waals surface area contributed by atoms with Gasteiger partial charge in [0.15, 0.2) is 0 Å². The maximum atomic E-state index is 13.1. The number of hydrogen-bond acceptors (Lipinski definition) is 4. The molecule has 2 bridgehead atoms. The predicted molar refractivity (Wildman–Crippen MR) is 104 cm³/mol. The molecule has 1 aromatic carbocycles. The summed E-state index contributed by atoms with van der Waals surface area (Å²) in [6, 6.07) is 5.94. The highest BCUT2D eigenvalue weighted by atomic mass is 16.2. The van der Waals surface area contributed by atoms with Crippen molar-refractivity contribution < 1.29 is 14.4 Å². The minimum Gasteiger partial charge on any atom is -0.337 e. The van der Waals surface area contributed by atoms with Crippen LogP contribution in [0.5, 0.6) is 0 Å². The molecular weight excluding hydrogens is 354 g/mol. The minimum absolute atomic E-state index is 0.00697. The second-order valence-electron chi connectivity index (χ2n) is 8.71. The molecule has 2 saturated heterocycles. The van der Waals surface area contributed by atoms with Gasteiger partial charge >= 0.3 is 0 Å². The summed E-state index contributed by atoms with van der Waals surface area (Å²) < 4.78 is 0. The minimum atomic E-state index is -0.224. The molecule has 0 radical (unpaired) electrons. The highest BCUT2D eigenvalue weighted by Gasteiger charge is 2.41. The lowest BCUT2D eigenvalue weighted by atomic mass is 9.94. The standard InChI is InChI=1S/C22H27N3O3/c26-20(24-11-10-15-7-8-16(13-24)23-15)14-6-9-18-19(12-14)22(28)25(21(18)27)17-4-2-1-3-5-17/h6,9,12,15-17,23H,1-5,7-8,10-11,13H2. The maximum absolute atomic E-state index is 13.1. The van der Waals surface area contributed by atoms with E-state index in [0.717, 1.165) is 45.1 Å². The zero-order chi connectivity index (χ0) is 19.3. The van der Waals surface area contributed by atoms with Crippen molar-refractivity contribution in [2.45, 2.75) is 69.5 Å². The molecule has 6 nitrogen and oxygen atoms in total. The first kappa shape index (κ1) is 17.9. The van der Waals surface area contributed by atoms with E-state index >= 15 is 0 Å². The normalized spacial score (nSPS) is 27.9. The molecule has 0 aromatic heterocycles. The Morgan fingerprint density at radius 3 is 2.46 bits per heavy atom. The molecule has 3 heterocycles. The molecule has 3 fully saturated rings. The summed E-state index contributed by atoms with van der Waals surface area (Å²) in [5.74, 6) is -0.450. The van der Waals surface area contributed by atoms with Gasteiger partial charge in [0, 0.05) is 36.8 Å². The summed E-state index contributed by atoms with van der Waals surface area (Å²) in [5, 5.41) is 3.59. The van der Waals surface area contributed by atoms with Crippen LogP contribution in [-0.2, 0) is 0 Å². The van der Waals surface area contributed by atoms with Gasteiger partial charge in [-0.1, -0.05) is 19.3 Å². The Morgan fingerprint density at radius 2 is 1.64 bits per heavy atom. The van der Waals surface area contributed by atoms with Gasteiger partial charge in [0.25, 0.3) is 17.7 Å². The van der Waals surface area contributed by atoms with Crippen molar-refractivity contribution in [3.05, 3.63) is 34.9 Å². The van der Waals surface area contributed by atoms with Gasteiger partial charge in [-0.2, -0.15) is 0 Å². The Bertz CT molecular complexity index is 830. The molecule has 6 heteroatoms. The molecule has 3 aliphatic heterocycles. The van der Waals surface area contributed by atoms with Gasteiger partial charge in [0.2, 0.25) is 0 Å². The summed E-state index contributed by atoms with van der Waals surface area (Å²) in [5.41, 5.74) is 1.36. The molecule has 1 saturated carbocycles. The first-order valence-electron chi connectivity index (χ1n) is 10.7. The molecule has 4 aliphatic rings. The van der Waals surface area contributed by atoms with Gasteiger partial charge in [-0.25, -0.2) is 0 Å². The third-order valence-corrected chi connectivity index (χ3v) is 6.92. The van der Waals surface area contributed by atoms with E-state index in [1.807, 2.05) is 4.90 Å². The Hall–Kier alpha value is -2.21. The Balaban J connectivity index is 1.38. The Labute approximate surface area is 165 Å². The molecule has 5 rings (SSSR count). The second kappa shape index (κ2) is 6.99. The number of hydrogen-bond donors (Lipinski definition) is 1. The van der Waals surface area contributed by atoms with Gasteiger partial charge in [-0.15, -0.1) is 0 Å². The summed E-state index contributed by atoms with van der Waals surface area (Å²) in [6.07, 6.45) is 8.35. The molecule has 1 aliphatic carbocycles. The van der Waals surface area contributed by atoms with Crippen LogP contribution in [0, 0.1) is 0 Å². The number of nitrogens with zero attached hydrogens (tertiary/aromatic N) is 2. The van der Waals surface area contributed by atoms with Crippen LogP contribution in [0.25, 0.3) is 0 Å². The molecule has 3 amide bonds. The molecule has 2 unspecified atom stereocenters. The fourth-order valence-electron chi connectivity index (χ4n) is 5.37. The third-order valence-electron chi connectivity index (χ3n) is 6.92. The van der Waals surface area contributed by atoms with Crippen LogP contribution in [0.3, 0.4) is 0 Å². The van der Waals surface area contributed by atoms with Crippen molar-refractivity contribution in [2.24, 2.45) is 0 Å². The highest BCUT2D eigenvalue weighted by molar-refractivity contribution is 6.22. The van der Waals surface area contributed by atoms with Gasteiger partial charge in [0.05, 0.1) is 11.1 Å². The number of carbonyl (C=O) groups excluding carboxylic acids is 3. The fraction of sp³-hybridized carbons (Fsp3) is 0.591. The predicted octanol–water partition coefficient (Wildman–Crippen LogP) is 2.58. The molecule has 2 atom stereocenters. The number of rotatable bonds is 2. The van der Waals surface area contributed by atoms with Crippen LogP contribution in [-0.4, -0.2) is 58.7 Å². The molecule has 28 heavy (non-hydrogen) atoms. The SMILES string of the molecule is O=C(c1ccc2c(c1)C(=O)N(C1CCCCC1)C2=O)N1CCC2CCC(C1)N2. The summed E-state index contributed by atoms with van der Waals surface area (Å²) >= 11 is 0. The largest absolute Gasteiger partial charge is 0.337 e. The van der Waals surface area contributed by atoms with E-state index < -0.39 is 0 Å². The lowest BCUT2D eigenvalue weighted by molar-refractivity contribution is 0.0548. The lowest BCUT2D eigenvalue weighted by Gasteiger charge is -2.29. The molecule has 1 aromatic rings. The molecule has 1 N–H and O–H groups in total. The Kier molecular flexibility index (Phi) is 4.46. The van der Waals surface area contributed by atoms with E-state index in [-0.39, 0.29) is 23.8 Å². The zero-order valence-corrected chi connectivity index (χ0v) is 16.2. The van der Waals surface area contributed by atoms with Crippen LogP contribution in [0.15, 0.2) is 18.2 Å². The van der Waals surface area contributed by atoms with Crippen LogP contribution >= 0.6 is 0 Å². The van der Waals surface area contributed by atoms with Crippen molar-refractivity contribution in [2.75, 3.05) is 13.1 Å². The van der Waals surface area contributed by atoms with Gasteiger partial charge in [-0.05, 0) is 50.3 Å². The number of nitrogens with one attached hydrogen (secondary N) is 1. The van der Waals surface area contributed by atoms with E-state index in [1.54, 1.807) is 18.2 Å². The first-order chi connectivity index (χ1) is 13.6. The zero-order valence-electron chi connectivity index (χ0n) is 16.2. The van der Waals surface area contributed by atoms with E-state index in [2.05, 4.69) is 5.32 Å². The fourth-order valence-corrected chi connectivity index (χ4v) is 5.37. The van der Waals surface area contributed by atoms with Gasteiger partial charge in [-0.3, -0.25) is 19.3 Å². The first-order valence-corrected chi connectivity index (χ1v) is 10.7. The van der Waals surface area contributed by atoms with Crippen LogP contribution < -0.4 is 5.32 Å². The van der Waals surface area contributed by atoms with Crippen molar-refractivity contribution >= 4 is 17.7 Å². The van der Waals surface area contributed by atoms with E-state index in [4.69, 9.17) is 0 Å². The number of likely N-dealkylation sites (tertiary alicyclic amines) is 1. The number of carbonyl (C=O) groups is 3. The number of fused-ring (bicyclic) bond motifs is 3. The second-order valence-corrected chi connectivity index (χ2v) is 8.71. The van der Waals surface area contributed by atoms with Crippen LogP contribution in [0.4, 0.5) is 0 Å². The monoisotopic (exact) mass is 381 g/mol. The lowest BCUT2D eigenvalue weighted by Crippen LogP contribution is -2.40. The van der Waals surface area contributed by atoms with Crippen LogP contribution in [0.2, 0.25) is 0 Å². The summed E-state index contributed by atoms with van der Waals surface area (Å²) in [6.45, 7) is 1.46. The van der Waals surface area contributed by atoms with Crippen molar-refractivity contribution in [3.8, 4) is 0 Å². The summed E-state index contributed by atoms with van der Waals surface area (Å²) in [4.78, 5) is 42.3. The van der Waals surface area contributed by atoms with Crippen molar-refractivity contribution in [3.63, 3.8) is 0 Å². The average molecular weight is 381 g/mol. The number of amides is 3. The smallest absolute Gasteiger partial charge is 0.261 e. The van der Waals surface area contributed by atoms with Gasteiger partial charge < -0.3 is 10.2 Å². The maximum Gasteiger partial charge on any atom is 0.261 e. The highest BCUT2D eigenvalue weighted by Crippen LogP contribution is 2.32. The van der Waals surface area contributed by atoms with E-state index in [9.17, 15) is 14.4 Å².